The van der Waals surface area contributed by atoms with Gasteiger partial charge in [-0.1, -0.05) is 17.3 Å². The molecule has 4 N–H and O–H groups in total. The number of hydrogen-bond donors (Lipinski definition) is 4. The summed E-state index contributed by atoms with van der Waals surface area (Å²) in [6, 6.07) is 9.20. The van der Waals surface area contributed by atoms with Gasteiger partial charge in [0.2, 0.25) is 11.7 Å². The molecule has 2 aromatic carbocycles. The number of amides is 1. The Balaban J connectivity index is 1.63. The minimum absolute atomic E-state index is 0.0510. The van der Waals surface area contributed by atoms with Crippen molar-refractivity contribution in [3.63, 3.8) is 0 Å². The van der Waals surface area contributed by atoms with Crippen LogP contribution < -0.4 is 10.2 Å². The second-order valence-electron chi connectivity index (χ2n) is 8.43. The fraction of sp³-hybridized carbons (Fsp3) is 0.273. The molecule has 0 bridgehead atoms. The van der Waals surface area contributed by atoms with Crippen LogP contribution in [0.4, 0.5) is 34.8 Å². The molecule has 1 aliphatic rings. The highest BCUT2D eigenvalue weighted by molar-refractivity contribution is 9.10. The maximum Gasteiger partial charge on any atom is 0.472 e. The number of anilines is 3. The lowest BCUT2D eigenvalue weighted by molar-refractivity contribution is -0.169. The van der Waals surface area contributed by atoms with Gasteiger partial charge in [-0.3, -0.25) is 23.7 Å². The van der Waals surface area contributed by atoms with Crippen molar-refractivity contribution >= 4 is 55.5 Å². The number of rotatable bonds is 6. The summed E-state index contributed by atoms with van der Waals surface area (Å²) in [6.07, 6.45) is -5.32. The van der Waals surface area contributed by atoms with Gasteiger partial charge in [0, 0.05) is 25.3 Å². The predicted octanol–water partition coefficient (Wildman–Crippen LogP) is 5.01. The molecule has 1 amide bonds. The number of alkyl halides is 3. The standard InChI is InChI=1S/C22H21BrF4N6O5S/c23-16-11-14(3-6-17(16)24)28-19(29-35)18-20(31-38-30-18)33(21(34)22(25,26)27)15-4-1-13(2-5-15)12-32-7-9-39(36,37)10-8-32/h1-6,11,35-37H,7-10,12H2,(H,28,29). The van der Waals surface area contributed by atoms with E-state index in [4.69, 9.17) is 0 Å². The number of carbonyl (C=O) groups is 1. The van der Waals surface area contributed by atoms with E-state index in [-0.39, 0.29) is 32.3 Å². The third-order valence-electron chi connectivity index (χ3n) is 5.70. The highest BCUT2D eigenvalue weighted by atomic mass is 79.9. The number of nitrogens with one attached hydrogen (secondary N) is 1. The number of oxime groups is 1. The van der Waals surface area contributed by atoms with E-state index in [1.54, 1.807) is 0 Å². The van der Waals surface area contributed by atoms with Crippen molar-refractivity contribution in [3.05, 3.63) is 64.0 Å². The first-order valence-corrected chi connectivity index (χ1v) is 13.8. The maximum absolute atomic E-state index is 13.6. The zero-order chi connectivity index (χ0) is 28.4. The van der Waals surface area contributed by atoms with Crippen molar-refractivity contribution in [1.29, 1.82) is 0 Å². The number of benzene rings is 2. The molecule has 0 saturated carbocycles. The molecule has 4 rings (SSSR count). The number of hydrogen-bond acceptors (Lipinski definition) is 9. The van der Waals surface area contributed by atoms with E-state index in [2.05, 4.69) is 41.3 Å². The monoisotopic (exact) mass is 636 g/mol. The Morgan fingerprint density at radius 1 is 1.15 bits per heavy atom. The van der Waals surface area contributed by atoms with E-state index in [0.717, 1.165) is 6.07 Å². The number of aromatic nitrogens is 2. The predicted molar refractivity (Wildman–Crippen MR) is 138 cm³/mol. The zero-order valence-corrected chi connectivity index (χ0v) is 22.2. The molecule has 0 atom stereocenters. The molecule has 1 fully saturated rings. The van der Waals surface area contributed by atoms with Crippen LogP contribution in [0.15, 0.2) is 56.7 Å². The van der Waals surface area contributed by atoms with Crippen LogP contribution >= 0.6 is 26.5 Å². The molecular formula is C22H21BrF4N6O5S. The van der Waals surface area contributed by atoms with Gasteiger partial charge in [0.25, 0.3) is 0 Å². The number of nitrogens with zero attached hydrogens (tertiary/aromatic N) is 5. The lowest BCUT2D eigenvalue weighted by Crippen LogP contribution is -2.39. The Morgan fingerprint density at radius 2 is 1.82 bits per heavy atom. The quantitative estimate of drug-likeness (QED) is 0.0963. The molecule has 0 spiro atoms. The fourth-order valence-corrected chi connectivity index (χ4v) is 5.40. The average Bonchev–Trinajstić information content (AvgIpc) is 3.35. The second kappa shape index (κ2) is 11.5. The Kier molecular flexibility index (Phi) is 8.45. The van der Waals surface area contributed by atoms with Gasteiger partial charge in [-0.2, -0.15) is 23.8 Å². The Bertz CT molecular complexity index is 1360. The van der Waals surface area contributed by atoms with Crippen LogP contribution in [0.2, 0.25) is 0 Å². The Labute approximate surface area is 228 Å². The van der Waals surface area contributed by atoms with Gasteiger partial charge >= 0.3 is 12.1 Å². The van der Waals surface area contributed by atoms with Crippen molar-refractivity contribution in [1.82, 2.24) is 15.2 Å². The average molecular weight is 637 g/mol. The summed E-state index contributed by atoms with van der Waals surface area (Å²) in [6.45, 7) is 1.29. The summed E-state index contributed by atoms with van der Waals surface area (Å²) in [7, 11) is -2.58. The van der Waals surface area contributed by atoms with Gasteiger partial charge in [0.1, 0.15) is 5.82 Å². The third-order valence-corrected chi connectivity index (χ3v) is 7.99. The molecule has 0 radical (unpaired) electrons. The largest absolute Gasteiger partial charge is 0.472 e. The van der Waals surface area contributed by atoms with Crippen LogP contribution in [0.3, 0.4) is 0 Å². The minimum atomic E-state index is -5.32. The van der Waals surface area contributed by atoms with E-state index in [1.165, 1.54) is 36.4 Å². The zero-order valence-electron chi connectivity index (χ0n) is 19.8. The summed E-state index contributed by atoms with van der Waals surface area (Å²) >= 11 is 2.99. The van der Waals surface area contributed by atoms with E-state index >= 15 is 0 Å². The SMILES string of the molecule is O=C(N(c1ccc(CN2CCS(O)(O)CC2)cc1)c1nonc1C(=NO)Nc1ccc(F)c(Br)c1)C(F)(F)F. The van der Waals surface area contributed by atoms with Gasteiger partial charge in [-0.05, 0) is 62.1 Å². The van der Waals surface area contributed by atoms with Gasteiger partial charge in [-0.15, -0.1) is 0 Å². The van der Waals surface area contributed by atoms with Crippen molar-refractivity contribution in [2.24, 2.45) is 5.16 Å². The van der Waals surface area contributed by atoms with Crippen molar-refractivity contribution in [2.45, 2.75) is 12.7 Å². The fourth-order valence-electron chi connectivity index (χ4n) is 3.72. The second-order valence-corrected chi connectivity index (χ2v) is 11.7. The summed E-state index contributed by atoms with van der Waals surface area (Å²) in [5, 5.41) is 22.1. The van der Waals surface area contributed by atoms with Crippen molar-refractivity contribution in [3.8, 4) is 0 Å². The van der Waals surface area contributed by atoms with Crippen molar-refractivity contribution < 1.29 is 41.3 Å². The molecule has 1 aliphatic heterocycles. The van der Waals surface area contributed by atoms with Crippen LogP contribution in [-0.4, -0.2) is 72.0 Å². The van der Waals surface area contributed by atoms with Gasteiger partial charge in [0.15, 0.2) is 5.69 Å². The summed E-state index contributed by atoms with van der Waals surface area (Å²) in [5.41, 5.74) is 0.109. The lowest BCUT2D eigenvalue weighted by Gasteiger charge is -2.41. The highest BCUT2D eigenvalue weighted by Crippen LogP contribution is 2.40. The van der Waals surface area contributed by atoms with E-state index < -0.39 is 45.8 Å². The number of halogens is 5. The summed E-state index contributed by atoms with van der Waals surface area (Å²) in [4.78, 5) is 14.7. The van der Waals surface area contributed by atoms with Crippen molar-refractivity contribution in [2.75, 3.05) is 34.8 Å². The van der Waals surface area contributed by atoms with Crippen LogP contribution in [-0.2, 0) is 11.3 Å². The van der Waals surface area contributed by atoms with Gasteiger partial charge < -0.3 is 10.5 Å². The lowest BCUT2D eigenvalue weighted by atomic mass is 10.1. The normalized spacial score (nSPS) is 17.1. The summed E-state index contributed by atoms with van der Waals surface area (Å²) in [5.74, 6) is -3.68. The molecule has 1 saturated heterocycles. The van der Waals surface area contributed by atoms with E-state index in [1.807, 2.05) is 4.90 Å². The first kappa shape index (κ1) is 28.8. The van der Waals surface area contributed by atoms with Crippen LogP contribution in [0.25, 0.3) is 0 Å². The molecule has 1 aromatic heterocycles. The molecule has 17 heteroatoms. The first-order valence-electron chi connectivity index (χ1n) is 11.1. The van der Waals surface area contributed by atoms with E-state index in [0.29, 0.717) is 25.2 Å². The molecular weight excluding hydrogens is 616 g/mol. The molecule has 0 unspecified atom stereocenters. The number of carbonyl (C=O) groups excluding carboxylic acids is 1. The first-order chi connectivity index (χ1) is 18.4. The minimum Gasteiger partial charge on any atom is -0.409 e. The van der Waals surface area contributed by atoms with Gasteiger partial charge in [0.05, 0.1) is 21.7 Å². The van der Waals surface area contributed by atoms with Crippen LogP contribution in [0.5, 0.6) is 0 Å². The third kappa shape index (κ3) is 6.85. The van der Waals surface area contributed by atoms with Crippen LogP contribution in [0.1, 0.15) is 11.3 Å². The Hall–Kier alpha value is -3.25. The molecule has 3 aromatic rings. The van der Waals surface area contributed by atoms with Gasteiger partial charge in [-0.25, -0.2) is 9.02 Å². The van der Waals surface area contributed by atoms with Crippen LogP contribution in [0, 0.1) is 5.82 Å². The van der Waals surface area contributed by atoms with E-state index in [9.17, 15) is 36.7 Å². The molecule has 2 heterocycles. The molecule has 210 valence electrons. The topological polar surface area (TPSA) is 148 Å². The maximum atomic E-state index is 13.6. The molecule has 11 nitrogen and oxygen atoms in total. The number of amidine groups is 1. The Morgan fingerprint density at radius 3 is 2.41 bits per heavy atom. The highest BCUT2D eigenvalue weighted by Gasteiger charge is 2.46. The smallest absolute Gasteiger partial charge is 0.409 e. The summed E-state index contributed by atoms with van der Waals surface area (Å²) < 4.78 is 78.6. The molecule has 39 heavy (non-hydrogen) atoms. The molecule has 0 aliphatic carbocycles.